The first kappa shape index (κ1) is 14.3. The molecule has 0 fully saturated rings. The topological polar surface area (TPSA) is 42.5 Å². The monoisotopic (exact) mass is 340 g/mol. The van der Waals surface area contributed by atoms with E-state index in [1.807, 2.05) is 18.2 Å². The summed E-state index contributed by atoms with van der Waals surface area (Å²) in [5.41, 5.74) is 1.56. The van der Waals surface area contributed by atoms with Crippen molar-refractivity contribution in [1.82, 2.24) is 0 Å². The first-order valence-corrected chi connectivity index (χ1v) is 7.21. The van der Waals surface area contributed by atoms with Crippen LogP contribution in [-0.2, 0) is 0 Å². The summed E-state index contributed by atoms with van der Waals surface area (Å²) >= 11 is 17.1. The summed E-state index contributed by atoms with van der Waals surface area (Å²) in [4.78, 5) is 0. The molecule has 0 spiro atoms. The van der Waals surface area contributed by atoms with Gasteiger partial charge in [0.2, 0.25) is 6.79 Å². The van der Waals surface area contributed by atoms with Crippen LogP contribution in [0.5, 0.6) is 11.5 Å². The molecule has 1 aliphatic heterocycles. The van der Waals surface area contributed by atoms with Crippen LogP contribution >= 0.6 is 35.4 Å². The standard InChI is InChI=1S/C14H10Cl2N2O2S/c15-10-3-1-8(5-11(10)16)17-14(21)18-9-2-4-12-13(6-9)20-7-19-12/h1-6H,7H2,(H2,17,18,21). The van der Waals surface area contributed by atoms with Gasteiger partial charge in [-0.1, -0.05) is 23.2 Å². The van der Waals surface area contributed by atoms with Gasteiger partial charge in [-0.2, -0.15) is 0 Å². The molecule has 0 aliphatic carbocycles. The number of ether oxygens (including phenoxy) is 2. The first-order chi connectivity index (χ1) is 10.1. The Labute approximate surface area is 137 Å². The minimum Gasteiger partial charge on any atom is -0.454 e. The highest BCUT2D eigenvalue weighted by Gasteiger charge is 2.13. The van der Waals surface area contributed by atoms with Crippen LogP contribution in [0.3, 0.4) is 0 Å². The molecule has 0 atom stereocenters. The number of thiocarbonyl (C=S) groups is 1. The van der Waals surface area contributed by atoms with Crippen LogP contribution < -0.4 is 20.1 Å². The van der Waals surface area contributed by atoms with Gasteiger partial charge in [0, 0.05) is 17.4 Å². The molecule has 0 amide bonds. The lowest BCUT2D eigenvalue weighted by Crippen LogP contribution is -2.18. The minimum atomic E-state index is 0.241. The summed E-state index contributed by atoms with van der Waals surface area (Å²) in [5.74, 6) is 1.42. The lowest BCUT2D eigenvalue weighted by atomic mass is 10.3. The molecule has 21 heavy (non-hydrogen) atoms. The summed E-state index contributed by atoms with van der Waals surface area (Å²) in [5, 5.41) is 7.49. The third kappa shape index (κ3) is 3.32. The summed E-state index contributed by atoms with van der Waals surface area (Å²) < 4.78 is 10.6. The van der Waals surface area contributed by atoms with Gasteiger partial charge in [-0.3, -0.25) is 0 Å². The third-order valence-corrected chi connectivity index (χ3v) is 3.75. The van der Waals surface area contributed by atoms with Crippen molar-refractivity contribution in [2.45, 2.75) is 0 Å². The Bertz CT molecular complexity index is 709. The molecule has 108 valence electrons. The van der Waals surface area contributed by atoms with Gasteiger partial charge in [0.15, 0.2) is 16.6 Å². The Morgan fingerprint density at radius 2 is 1.57 bits per heavy atom. The van der Waals surface area contributed by atoms with E-state index in [2.05, 4.69) is 10.6 Å². The number of fused-ring (bicyclic) bond motifs is 1. The zero-order valence-corrected chi connectivity index (χ0v) is 13.0. The van der Waals surface area contributed by atoms with E-state index in [1.54, 1.807) is 18.2 Å². The van der Waals surface area contributed by atoms with Crippen molar-refractivity contribution in [3.8, 4) is 11.5 Å². The van der Waals surface area contributed by atoms with Gasteiger partial charge >= 0.3 is 0 Å². The van der Waals surface area contributed by atoms with E-state index in [9.17, 15) is 0 Å². The van der Waals surface area contributed by atoms with Crippen molar-refractivity contribution in [3.63, 3.8) is 0 Å². The Morgan fingerprint density at radius 1 is 0.905 bits per heavy atom. The van der Waals surface area contributed by atoms with Crippen molar-refractivity contribution in [2.24, 2.45) is 0 Å². The van der Waals surface area contributed by atoms with Gasteiger partial charge in [-0.15, -0.1) is 0 Å². The number of hydrogen-bond donors (Lipinski definition) is 2. The quantitative estimate of drug-likeness (QED) is 0.786. The SMILES string of the molecule is S=C(Nc1ccc(Cl)c(Cl)c1)Nc1ccc2c(c1)OCO2. The molecule has 0 aromatic heterocycles. The van der Waals surface area contributed by atoms with Crippen LogP contribution in [0.4, 0.5) is 11.4 Å². The van der Waals surface area contributed by atoms with Crippen LogP contribution in [0.2, 0.25) is 10.0 Å². The molecular weight excluding hydrogens is 331 g/mol. The molecule has 0 saturated heterocycles. The highest BCUT2D eigenvalue weighted by atomic mass is 35.5. The normalized spacial score (nSPS) is 12.1. The third-order valence-electron chi connectivity index (χ3n) is 2.81. The van der Waals surface area contributed by atoms with Crippen molar-refractivity contribution in [2.75, 3.05) is 17.4 Å². The maximum Gasteiger partial charge on any atom is 0.231 e. The molecule has 3 rings (SSSR count). The fraction of sp³-hybridized carbons (Fsp3) is 0.0714. The first-order valence-electron chi connectivity index (χ1n) is 6.04. The Hall–Kier alpha value is -1.69. The second kappa shape index (κ2) is 5.97. The average Bonchev–Trinajstić information content (AvgIpc) is 2.90. The van der Waals surface area contributed by atoms with Gasteiger partial charge in [0.1, 0.15) is 0 Å². The molecule has 1 heterocycles. The number of hydrogen-bond acceptors (Lipinski definition) is 3. The zero-order valence-electron chi connectivity index (χ0n) is 10.7. The van der Waals surface area contributed by atoms with E-state index < -0.39 is 0 Å². The summed E-state index contributed by atoms with van der Waals surface area (Å²) in [6.07, 6.45) is 0. The average molecular weight is 341 g/mol. The van der Waals surface area contributed by atoms with E-state index in [0.717, 1.165) is 17.1 Å². The molecule has 4 nitrogen and oxygen atoms in total. The molecule has 2 N–H and O–H groups in total. The van der Waals surface area contributed by atoms with E-state index >= 15 is 0 Å². The predicted molar refractivity (Wildman–Crippen MR) is 88.9 cm³/mol. The Balaban J connectivity index is 1.67. The van der Waals surface area contributed by atoms with Crippen molar-refractivity contribution in [3.05, 3.63) is 46.4 Å². The Kier molecular flexibility index (Phi) is 4.05. The van der Waals surface area contributed by atoms with Crippen molar-refractivity contribution >= 4 is 51.9 Å². The molecule has 0 saturated carbocycles. The molecule has 0 unspecified atom stereocenters. The molecule has 2 aromatic carbocycles. The molecule has 2 aromatic rings. The van der Waals surface area contributed by atoms with Crippen molar-refractivity contribution < 1.29 is 9.47 Å². The molecule has 0 radical (unpaired) electrons. The molecule has 7 heteroatoms. The van der Waals surface area contributed by atoms with Gasteiger partial charge in [0.25, 0.3) is 0 Å². The van der Waals surface area contributed by atoms with E-state index in [4.69, 9.17) is 44.9 Å². The minimum absolute atomic E-state index is 0.241. The lowest BCUT2D eigenvalue weighted by Gasteiger charge is -2.11. The highest BCUT2D eigenvalue weighted by Crippen LogP contribution is 2.34. The van der Waals surface area contributed by atoms with Crippen molar-refractivity contribution in [1.29, 1.82) is 0 Å². The fourth-order valence-corrected chi connectivity index (χ4v) is 2.38. The van der Waals surface area contributed by atoms with Crippen LogP contribution in [0.1, 0.15) is 0 Å². The maximum atomic E-state index is 5.96. The number of nitrogens with one attached hydrogen (secondary N) is 2. The van der Waals surface area contributed by atoms with Gasteiger partial charge < -0.3 is 20.1 Å². The van der Waals surface area contributed by atoms with Gasteiger partial charge in [-0.25, -0.2) is 0 Å². The molecule has 1 aliphatic rings. The smallest absolute Gasteiger partial charge is 0.231 e. The van der Waals surface area contributed by atoms with Gasteiger partial charge in [0.05, 0.1) is 10.0 Å². The summed E-state index contributed by atoms with van der Waals surface area (Å²) in [6, 6.07) is 10.7. The van der Waals surface area contributed by atoms with Gasteiger partial charge in [-0.05, 0) is 42.5 Å². The summed E-state index contributed by atoms with van der Waals surface area (Å²) in [6.45, 7) is 0.241. The molecular formula is C14H10Cl2N2O2S. The number of benzene rings is 2. The zero-order chi connectivity index (χ0) is 14.8. The van der Waals surface area contributed by atoms with Crippen LogP contribution in [0.25, 0.3) is 0 Å². The lowest BCUT2D eigenvalue weighted by molar-refractivity contribution is 0.174. The largest absolute Gasteiger partial charge is 0.454 e. The van der Waals surface area contributed by atoms with Crippen LogP contribution in [0.15, 0.2) is 36.4 Å². The van der Waals surface area contributed by atoms with E-state index in [1.165, 1.54) is 0 Å². The van der Waals surface area contributed by atoms with E-state index in [-0.39, 0.29) is 6.79 Å². The van der Waals surface area contributed by atoms with Crippen LogP contribution in [-0.4, -0.2) is 11.9 Å². The highest BCUT2D eigenvalue weighted by molar-refractivity contribution is 7.80. The fourth-order valence-electron chi connectivity index (χ4n) is 1.84. The number of rotatable bonds is 2. The Morgan fingerprint density at radius 3 is 2.33 bits per heavy atom. The second-order valence-corrected chi connectivity index (χ2v) is 5.50. The molecule has 0 bridgehead atoms. The predicted octanol–water partition coefficient (Wildman–Crippen LogP) is 4.53. The van der Waals surface area contributed by atoms with E-state index in [0.29, 0.717) is 20.9 Å². The number of anilines is 2. The van der Waals surface area contributed by atoms with Crippen LogP contribution in [0, 0.1) is 0 Å². The summed E-state index contributed by atoms with van der Waals surface area (Å²) in [7, 11) is 0. The second-order valence-electron chi connectivity index (χ2n) is 4.28. The number of halogens is 2. The maximum absolute atomic E-state index is 5.96.